The number of nitrogens with zero attached hydrogens (tertiary/aromatic N) is 1. The molecule has 0 spiro atoms. The van der Waals surface area contributed by atoms with Gasteiger partial charge in [0.2, 0.25) is 0 Å². The Morgan fingerprint density at radius 1 is 1.10 bits per heavy atom. The van der Waals surface area contributed by atoms with Gasteiger partial charge in [-0.05, 0) is 30.3 Å². The maximum Gasteiger partial charge on any atom is 0.335 e. The number of carbonyl (C=O) groups is 1. The van der Waals surface area contributed by atoms with Gasteiger partial charge in [0, 0.05) is 17.8 Å². The zero-order chi connectivity index (χ0) is 14.7. The third kappa shape index (κ3) is 3.07. The van der Waals surface area contributed by atoms with Crippen molar-refractivity contribution in [3.63, 3.8) is 0 Å². The average Bonchev–Trinajstić information content (AvgIpc) is 2.42. The van der Waals surface area contributed by atoms with Gasteiger partial charge in [0.25, 0.3) is 0 Å². The van der Waals surface area contributed by atoms with Crippen molar-refractivity contribution in [2.24, 2.45) is 4.99 Å². The van der Waals surface area contributed by atoms with Crippen LogP contribution in [0.2, 0.25) is 5.02 Å². The number of hydrogen-bond donors (Lipinski definition) is 3. The van der Waals surface area contributed by atoms with Gasteiger partial charge in [-0.15, -0.1) is 0 Å². The van der Waals surface area contributed by atoms with E-state index in [9.17, 15) is 15.0 Å². The first-order valence-corrected chi connectivity index (χ1v) is 5.94. The number of phenols is 2. The fourth-order valence-corrected chi connectivity index (χ4v) is 1.68. The Morgan fingerprint density at radius 2 is 1.75 bits per heavy atom. The van der Waals surface area contributed by atoms with Crippen molar-refractivity contribution in [2.45, 2.75) is 0 Å². The topological polar surface area (TPSA) is 90.1 Å². The number of halogens is 1. The van der Waals surface area contributed by atoms with Crippen molar-refractivity contribution in [2.75, 3.05) is 0 Å². The second-order valence-electron chi connectivity index (χ2n) is 3.97. The summed E-state index contributed by atoms with van der Waals surface area (Å²) in [5.41, 5.74) is 1.04. The summed E-state index contributed by atoms with van der Waals surface area (Å²) in [5.74, 6) is -1.38. The molecule has 0 aromatic heterocycles. The van der Waals surface area contributed by atoms with Crippen LogP contribution in [0.3, 0.4) is 0 Å². The summed E-state index contributed by atoms with van der Waals surface area (Å²) in [6, 6.07) is 8.44. The molecule has 102 valence electrons. The van der Waals surface area contributed by atoms with Gasteiger partial charge in [-0.1, -0.05) is 11.6 Å². The Balaban J connectivity index is 2.25. The second-order valence-corrected chi connectivity index (χ2v) is 4.38. The fraction of sp³-hybridized carbons (Fsp3) is 0. The summed E-state index contributed by atoms with van der Waals surface area (Å²) in [5, 5.41) is 27.8. The minimum absolute atomic E-state index is 0.102. The lowest BCUT2D eigenvalue weighted by Gasteiger charge is -2.02. The molecule has 6 heteroatoms. The second kappa shape index (κ2) is 5.63. The van der Waals surface area contributed by atoms with E-state index in [0.29, 0.717) is 11.3 Å². The molecule has 0 aliphatic heterocycles. The normalized spacial score (nSPS) is 10.8. The molecule has 0 unspecified atom stereocenters. The molecule has 0 atom stereocenters. The van der Waals surface area contributed by atoms with Crippen LogP contribution in [0.15, 0.2) is 41.4 Å². The monoisotopic (exact) mass is 291 g/mol. The minimum atomic E-state index is -1.01. The van der Waals surface area contributed by atoms with Crippen LogP contribution in [-0.4, -0.2) is 27.5 Å². The van der Waals surface area contributed by atoms with Gasteiger partial charge >= 0.3 is 5.97 Å². The number of aliphatic imine (C=N–C) groups is 1. The molecule has 0 radical (unpaired) electrons. The maximum atomic E-state index is 10.7. The number of carboxylic acid groups (broad SMARTS) is 1. The molecule has 0 aliphatic rings. The number of hydrogen-bond acceptors (Lipinski definition) is 4. The molecular formula is C14H10ClNO4. The summed E-state index contributed by atoms with van der Waals surface area (Å²) in [6.07, 6.45) is 1.37. The van der Waals surface area contributed by atoms with Gasteiger partial charge in [-0.25, -0.2) is 4.79 Å². The van der Waals surface area contributed by atoms with Crippen LogP contribution in [0.5, 0.6) is 11.5 Å². The molecule has 0 heterocycles. The van der Waals surface area contributed by atoms with E-state index in [1.54, 1.807) is 12.1 Å². The molecule has 20 heavy (non-hydrogen) atoms. The van der Waals surface area contributed by atoms with Gasteiger partial charge in [0.05, 0.1) is 16.3 Å². The summed E-state index contributed by atoms with van der Waals surface area (Å²) in [7, 11) is 0. The number of carboxylic acids is 1. The third-order valence-corrected chi connectivity index (χ3v) is 2.87. The van der Waals surface area contributed by atoms with Crippen LogP contribution in [-0.2, 0) is 0 Å². The first-order valence-electron chi connectivity index (χ1n) is 5.56. The van der Waals surface area contributed by atoms with Crippen LogP contribution in [0, 0.1) is 0 Å². The predicted octanol–water partition coefficient (Wildman–Crippen LogP) is 3.20. The Labute approximate surface area is 119 Å². The van der Waals surface area contributed by atoms with Gasteiger partial charge in [-0.2, -0.15) is 0 Å². The van der Waals surface area contributed by atoms with Crippen LogP contribution in [0.1, 0.15) is 15.9 Å². The van der Waals surface area contributed by atoms with E-state index in [1.807, 2.05) is 0 Å². The number of phenolic OH excluding ortho intramolecular Hbond substituents is 2. The van der Waals surface area contributed by atoms with Gasteiger partial charge in [0.1, 0.15) is 11.5 Å². The van der Waals surface area contributed by atoms with Crippen LogP contribution in [0.25, 0.3) is 0 Å². The van der Waals surface area contributed by atoms with Crippen molar-refractivity contribution in [3.8, 4) is 11.5 Å². The molecular weight excluding hydrogens is 282 g/mol. The van der Waals surface area contributed by atoms with Crippen molar-refractivity contribution < 1.29 is 20.1 Å². The molecule has 5 nitrogen and oxygen atoms in total. The van der Waals surface area contributed by atoms with Crippen molar-refractivity contribution in [1.82, 2.24) is 0 Å². The largest absolute Gasteiger partial charge is 0.507 e. The number of aromatic hydroxyl groups is 2. The molecule has 2 aromatic rings. The molecule has 0 saturated carbocycles. The molecule has 0 amide bonds. The first-order chi connectivity index (χ1) is 9.47. The molecule has 3 N–H and O–H groups in total. The zero-order valence-corrected chi connectivity index (χ0v) is 10.9. The van der Waals surface area contributed by atoms with Crippen molar-refractivity contribution in [1.29, 1.82) is 0 Å². The lowest BCUT2D eigenvalue weighted by atomic mass is 10.2. The molecule has 0 fully saturated rings. The summed E-state index contributed by atoms with van der Waals surface area (Å²) in [4.78, 5) is 14.8. The maximum absolute atomic E-state index is 10.7. The Kier molecular flexibility index (Phi) is 3.91. The molecule has 2 aromatic carbocycles. The predicted molar refractivity (Wildman–Crippen MR) is 75.4 cm³/mol. The number of benzene rings is 2. The SMILES string of the molecule is O=C(O)c1ccc(N=Cc2cc(Cl)c(O)cc2O)cc1. The highest BCUT2D eigenvalue weighted by Crippen LogP contribution is 2.30. The van der Waals surface area contributed by atoms with E-state index in [-0.39, 0.29) is 22.1 Å². The van der Waals surface area contributed by atoms with E-state index >= 15 is 0 Å². The molecule has 0 aliphatic carbocycles. The zero-order valence-electron chi connectivity index (χ0n) is 10.1. The smallest absolute Gasteiger partial charge is 0.335 e. The van der Waals surface area contributed by atoms with Crippen molar-refractivity contribution >= 4 is 29.5 Å². The molecule has 0 saturated heterocycles. The Morgan fingerprint density at radius 3 is 2.35 bits per heavy atom. The standard InChI is InChI=1S/C14H10ClNO4/c15-11-5-9(12(17)6-13(11)18)7-16-10-3-1-8(2-4-10)14(19)20/h1-7,17-18H,(H,19,20). The summed E-state index contributed by atoms with van der Waals surface area (Å²) in [6.45, 7) is 0. The third-order valence-electron chi connectivity index (χ3n) is 2.56. The van der Waals surface area contributed by atoms with E-state index in [0.717, 1.165) is 6.07 Å². The van der Waals surface area contributed by atoms with E-state index in [2.05, 4.69) is 4.99 Å². The van der Waals surface area contributed by atoms with Gasteiger partial charge in [0.15, 0.2) is 0 Å². The van der Waals surface area contributed by atoms with E-state index in [1.165, 1.54) is 24.4 Å². The fourth-order valence-electron chi connectivity index (χ4n) is 1.50. The molecule has 0 bridgehead atoms. The molecule has 2 rings (SSSR count). The minimum Gasteiger partial charge on any atom is -0.507 e. The number of rotatable bonds is 3. The first kappa shape index (κ1) is 13.9. The Bertz CT molecular complexity index is 680. The van der Waals surface area contributed by atoms with Crippen LogP contribution < -0.4 is 0 Å². The van der Waals surface area contributed by atoms with Gasteiger partial charge in [-0.3, -0.25) is 4.99 Å². The highest BCUT2D eigenvalue weighted by Gasteiger charge is 2.05. The van der Waals surface area contributed by atoms with Crippen LogP contribution >= 0.6 is 11.6 Å². The van der Waals surface area contributed by atoms with E-state index in [4.69, 9.17) is 16.7 Å². The Hall–Kier alpha value is -2.53. The van der Waals surface area contributed by atoms with Crippen LogP contribution in [0.4, 0.5) is 5.69 Å². The summed E-state index contributed by atoms with van der Waals surface area (Å²) >= 11 is 5.74. The quantitative estimate of drug-likeness (QED) is 0.757. The van der Waals surface area contributed by atoms with E-state index < -0.39 is 5.97 Å². The average molecular weight is 292 g/mol. The lowest BCUT2D eigenvalue weighted by molar-refractivity contribution is 0.0697. The van der Waals surface area contributed by atoms with Gasteiger partial charge < -0.3 is 15.3 Å². The highest BCUT2D eigenvalue weighted by atomic mass is 35.5. The van der Waals surface area contributed by atoms with Crippen molar-refractivity contribution in [3.05, 3.63) is 52.5 Å². The lowest BCUT2D eigenvalue weighted by Crippen LogP contribution is -1.94. The number of aromatic carboxylic acids is 1. The highest BCUT2D eigenvalue weighted by molar-refractivity contribution is 6.32. The summed E-state index contributed by atoms with van der Waals surface area (Å²) < 4.78 is 0.